The molecule has 1 N–H and O–H groups in total. The van der Waals surface area contributed by atoms with Crippen LogP contribution in [0.3, 0.4) is 0 Å². The Hall–Kier alpha value is -1.71. The fourth-order valence-electron chi connectivity index (χ4n) is 2.13. The van der Waals surface area contributed by atoms with Crippen LogP contribution in [0, 0.1) is 13.7 Å². The number of amides is 2. The molecule has 21 heavy (non-hydrogen) atoms. The van der Waals surface area contributed by atoms with Gasteiger partial charge in [-0.15, -0.1) is 0 Å². The number of benzene rings is 1. The summed E-state index contributed by atoms with van der Waals surface area (Å²) in [5.74, 6) is -0.600. The van der Waals surface area contributed by atoms with Gasteiger partial charge in [-0.3, -0.25) is 19.7 Å². The molecule has 112 valence electrons. The summed E-state index contributed by atoms with van der Waals surface area (Å²) in [6.07, 6.45) is 1.98. The highest BCUT2D eigenvalue weighted by atomic mass is 127. The second kappa shape index (κ2) is 6.83. The van der Waals surface area contributed by atoms with Crippen LogP contribution < -0.4 is 5.32 Å². The number of carbonyl (C=O) groups is 2. The Morgan fingerprint density at radius 3 is 2.62 bits per heavy atom. The first-order chi connectivity index (χ1) is 9.99. The monoisotopic (exact) mass is 403 g/mol. The molecule has 0 saturated carbocycles. The van der Waals surface area contributed by atoms with Crippen molar-refractivity contribution >= 4 is 40.1 Å². The molecule has 0 spiro atoms. The lowest BCUT2D eigenvalue weighted by Gasteiger charge is -2.15. The molecule has 0 bridgehead atoms. The average Bonchev–Trinajstić information content (AvgIpc) is 2.98. The molecule has 0 aromatic heterocycles. The topological polar surface area (TPSA) is 92.6 Å². The van der Waals surface area contributed by atoms with Crippen molar-refractivity contribution in [2.75, 3.05) is 19.6 Å². The van der Waals surface area contributed by atoms with Gasteiger partial charge in [-0.25, -0.2) is 0 Å². The Kier molecular flexibility index (Phi) is 5.10. The summed E-state index contributed by atoms with van der Waals surface area (Å²) in [6.45, 7) is 1.36. The second-order valence-electron chi connectivity index (χ2n) is 4.69. The number of nitro groups is 1. The standard InChI is InChI=1S/C13H14IN3O4/c14-11-4-3-9(17(20)21)7-10(11)13(19)15-8-12(18)16-5-1-2-6-16/h3-4,7H,1-2,5-6,8H2,(H,15,19). The molecule has 1 fully saturated rings. The van der Waals surface area contributed by atoms with Gasteiger partial charge in [0.25, 0.3) is 11.6 Å². The predicted octanol–water partition coefficient (Wildman–Crippen LogP) is 1.55. The number of non-ortho nitro benzene ring substituents is 1. The van der Waals surface area contributed by atoms with Crippen molar-refractivity contribution < 1.29 is 14.5 Å². The molecule has 0 radical (unpaired) electrons. The third kappa shape index (κ3) is 3.90. The maximum Gasteiger partial charge on any atom is 0.270 e. The molecule has 2 amide bonds. The molecule has 8 heteroatoms. The minimum atomic E-state index is -0.553. The van der Waals surface area contributed by atoms with Crippen molar-refractivity contribution in [1.29, 1.82) is 0 Å². The fraction of sp³-hybridized carbons (Fsp3) is 0.385. The summed E-state index contributed by atoms with van der Waals surface area (Å²) in [7, 11) is 0. The number of nitrogens with one attached hydrogen (secondary N) is 1. The first-order valence-corrected chi connectivity index (χ1v) is 7.57. The number of hydrogen-bond acceptors (Lipinski definition) is 4. The third-order valence-corrected chi connectivity index (χ3v) is 4.21. The van der Waals surface area contributed by atoms with Crippen molar-refractivity contribution in [3.8, 4) is 0 Å². The Labute approximate surface area is 135 Å². The number of likely N-dealkylation sites (tertiary alicyclic amines) is 1. The molecular formula is C13H14IN3O4. The Balaban J connectivity index is 2.01. The van der Waals surface area contributed by atoms with E-state index in [1.54, 1.807) is 4.90 Å². The van der Waals surface area contributed by atoms with E-state index in [1.165, 1.54) is 18.2 Å². The van der Waals surface area contributed by atoms with E-state index in [9.17, 15) is 19.7 Å². The largest absolute Gasteiger partial charge is 0.343 e. The first-order valence-electron chi connectivity index (χ1n) is 6.49. The van der Waals surface area contributed by atoms with Crippen LogP contribution in [0.15, 0.2) is 18.2 Å². The Morgan fingerprint density at radius 1 is 1.33 bits per heavy atom. The van der Waals surface area contributed by atoms with Crippen molar-refractivity contribution in [2.45, 2.75) is 12.8 Å². The number of nitro benzene ring substituents is 1. The number of carbonyl (C=O) groups excluding carboxylic acids is 2. The maximum absolute atomic E-state index is 12.1. The SMILES string of the molecule is O=C(NCC(=O)N1CCCC1)c1cc([N+](=O)[O-])ccc1I. The van der Waals surface area contributed by atoms with Crippen molar-refractivity contribution in [3.05, 3.63) is 37.4 Å². The van der Waals surface area contributed by atoms with Crippen LogP contribution in [-0.2, 0) is 4.79 Å². The summed E-state index contributed by atoms with van der Waals surface area (Å²) in [5.41, 5.74) is 0.0606. The number of hydrogen-bond donors (Lipinski definition) is 1. The van der Waals surface area contributed by atoms with Crippen LogP contribution in [-0.4, -0.2) is 41.3 Å². The normalized spacial score (nSPS) is 14.0. The maximum atomic E-state index is 12.1. The van der Waals surface area contributed by atoms with Gasteiger partial charge in [-0.2, -0.15) is 0 Å². The Morgan fingerprint density at radius 2 is 2.00 bits per heavy atom. The number of rotatable bonds is 4. The molecule has 1 aromatic carbocycles. The third-order valence-electron chi connectivity index (χ3n) is 3.26. The lowest BCUT2D eigenvalue weighted by molar-refractivity contribution is -0.384. The van der Waals surface area contributed by atoms with Crippen LogP contribution in [0.4, 0.5) is 5.69 Å². The van der Waals surface area contributed by atoms with Crippen LogP contribution in [0.2, 0.25) is 0 Å². The Bertz CT molecular complexity index is 585. The number of nitrogens with zero attached hydrogens (tertiary/aromatic N) is 2. The van der Waals surface area contributed by atoms with Gasteiger partial charge in [0, 0.05) is 28.8 Å². The highest BCUT2D eigenvalue weighted by Crippen LogP contribution is 2.19. The van der Waals surface area contributed by atoms with E-state index in [0.717, 1.165) is 25.9 Å². The lowest BCUT2D eigenvalue weighted by Crippen LogP contribution is -2.38. The van der Waals surface area contributed by atoms with E-state index >= 15 is 0 Å². The lowest BCUT2D eigenvalue weighted by atomic mass is 10.2. The molecule has 7 nitrogen and oxygen atoms in total. The average molecular weight is 403 g/mol. The molecule has 1 aliphatic rings. The molecular weight excluding hydrogens is 389 g/mol. The predicted molar refractivity (Wildman–Crippen MR) is 84.0 cm³/mol. The van der Waals surface area contributed by atoms with Crippen molar-refractivity contribution in [1.82, 2.24) is 10.2 Å². The van der Waals surface area contributed by atoms with Gasteiger partial charge in [0.15, 0.2) is 0 Å². The van der Waals surface area contributed by atoms with Crippen molar-refractivity contribution in [2.24, 2.45) is 0 Å². The summed E-state index contributed by atoms with van der Waals surface area (Å²) in [5, 5.41) is 13.3. The molecule has 1 saturated heterocycles. The van der Waals surface area contributed by atoms with Gasteiger partial charge < -0.3 is 10.2 Å². The van der Waals surface area contributed by atoms with E-state index < -0.39 is 10.8 Å². The van der Waals surface area contributed by atoms with E-state index in [-0.39, 0.29) is 23.7 Å². The highest BCUT2D eigenvalue weighted by Gasteiger charge is 2.20. The van der Waals surface area contributed by atoms with Crippen LogP contribution in [0.5, 0.6) is 0 Å². The quantitative estimate of drug-likeness (QED) is 0.469. The fourth-order valence-corrected chi connectivity index (χ4v) is 2.71. The minimum Gasteiger partial charge on any atom is -0.343 e. The molecule has 2 rings (SSSR count). The zero-order chi connectivity index (χ0) is 15.4. The van der Waals surface area contributed by atoms with E-state index in [0.29, 0.717) is 3.57 Å². The van der Waals surface area contributed by atoms with E-state index in [1.807, 2.05) is 22.6 Å². The molecule has 0 aliphatic carbocycles. The summed E-state index contributed by atoms with van der Waals surface area (Å²) >= 11 is 1.93. The van der Waals surface area contributed by atoms with Gasteiger partial charge in [0.2, 0.25) is 5.91 Å². The van der Waals surface area contributed by atoms with Gasteiger partial charge >= 0.3 is 0 Å². The molecule has 1 aromatic rings. The van der Waals surface area contributed by atoms with Gasteiger partial charge in [0.05, 0.1) is 17.0 Å². The highest BCUT2D eigenvalue weighted by molar-refractivity contribution is 14.1. The summed E-state index contributed by atoms with van der Waals surface area (Å²) < 4.78 is 0.601. The van der Waals surface area contributed by atoms with Gasteiger partial charge in [-0.05, 0) is 41.5 Å². The van der Waals surface area contributed by atoms with E-state index in [2.05, 4.69) is 5.32 Å². The smallest absolute Gasteiger partial charge is 0.270 e. The minimum absolute atomic E-state index is 0.0857. The molecule has 1 heterocycles. The van der Waals surface area contributed by atoms with E-state index in [4.69, 9.17) is 0 Å². The zero-order valence-corrected chi connectivity index (χ0v) is 13.3. The molecule has 1 aliphatic heterocycles. The molecule has 0 unspecified atom stereocenters. The molecule has 0 atom stereocenters. The van der Waals surface area contributed by atoms with Gasteiger partial charge in [-0.1, -0.05) is 0 Å². The number of halogens is 1. The first kappa shape index (κ1) is 15.7. The van der Waals surface area contributed by atoms with Crippen LogP contribution in [0.1, 0.15) is 23.2 Å². The summed E-state index contributed by atoms with van der Waals surface area (Å²) in [4.78, 5) is 35.8. The van der Waals surface area contributed by atoms with Crippen LogP contribution >= 0.6 is 22.6 Å². The van der Waals surface area contributed by atoms with Crippen molar-refractivity contribution in [3.63, 3.8) is 0 Å². The second-order valence-corrected chi connectivity index (χ2v) is 5.85. The van der Waals surface area contributed by atoms with Crippen LogP contribution in [0.25, 0.3) is 0 Å². The summed E-state index contributed by atoms with van der Waals surface area (Å²) in [6, 6.07) is 4.07. The zero-order valence-electron chi connectivity index (χ0n) is 11.2. The van der Waals surface area contributed by atoms with Gasteiger partial charge in [0.1, 0.15) is 0 Å².